The highest BCUT2D eigenvalue weighted by molar-refractivity contribution is 5.81. The van der Waals surface area contributed by atoms with Gasteiger partial charge in [-0.25, -0.2) is 4.98 Å². The van der Waals surface area contributed by atoms with Gasteiger partial charge in [-0.3, -0.25) is 0 Å². The minimum atomic E-state index is 0.658. The van der Waals surface area contributed by atoms with Gasteiger partial charge < -0.3 is 10.3 Å². The molecule has 0 aliphatic heterocycles. The molecule has 3 aromatic rings. The molecule has 0 saturated carbocycles. The Morgan fingerprint density at radius 1 is 1.05 bits per heavy atom. The van der Waals surface area contributed by atoms with Crippen LogP contribution >= 0.6 is 0 Å². The molecule has 0 saturated heterocycles. The molecular weight excluding hydrogens is 258 g/mol. The van der Waals surface area contributed by atoms with E-state index in [9.17, 15) is 0 Å². The Balaban J connectivity index is 2.22. The van der Waals surface area contributed by atoms with E-state index in [4.69, 9.17) is 10.7 Å². The number of hydrogen-bond acceptors (Lipinski definition) is 2. The van der Waals surface area contributed by atoms with Gasteiger partial charge in [-0.15, -0.1) is 0 Å². The number of fused-ring (bicyclic) bond motifs is 1. The van der Waals surface area contributed by atoms with E-state index in [-0.39, 0.29) is 0 Å². The number of nitrogens with zero attached hydrogens (tertiary/aromatic N) is 2. The Hall–Kier alpha value is -2.13. The molecule has 1 heterocycles. The van der Waals surface area contributed by atoms with Crippen molar-refractivity contribution in [2.75, 3.05) is 6.54 Å². The van der Waals surface area contributed by atoms with Gasteiger partial charge in [0.05, 0.1) is 11.0 Å². The fraction of sp³-hybridized carbons (Fsp3) is 0.278. The molecule has 0 spiro atoms. The van der Waals surface area contributed by atoms with Gasteiger partial charge >= 0.3 is 0 Å². The minimum Gasteiger partial charge on any atom is -0.330 e. The summed E-state index contributed by atoms with van der Waals surface area (Å²) in [7, 11) is 0. The lowest BCUT2D eigenvalue weighted by Crippen LogP contribution is -2.06. The molecule has 0 unspecified atom stereocenters. The van der Waals surface area contributed by atoms with Crippen LogP contribution in [0.3, 0.4) is 0 Å². The summed E-state index contributed by atoms with van der Waals surface area (Å²) in [6.07, 6.45) is 1.97. The topological polar surface area (TPSA) is 43.8 Å². The zero-order valence-corrected chi connectivity index (χ0v) is 12.4. The zero-order chi connectivity index (χ0) is 14.7. The standard InChI is InChI=1S/C18H21N3/c1-2-13-21-17-10-6-5-9-16(17)20-18(21)15-8-4-3-7-14(15)11-12-19/h3-10H,2,11-13,19H2,1H3. The average molecular weight is 279 g/mol. The normalized spacial score (nSPS) is 11.1. The number of aryl methyl sites for hydroxylation is 1. The second-order valence-corrected chi connectivity index (χ2v) is 5.27. The van der Waals surface area contributed by atoms with Gasteiger partial charge in [0.2, 0.25) is 0 Å². The number of aromatic nitrogens is 2. The highest BCUT2D eigenvalue weighted by Gasteiger charge is 2.14. The molecule has 108 valence electrons. The van der Waals surface area contributed by atoms with Gasteiger partial charge in [-0.2, -0.15) is 0 Å². The lowest BCUT2D eigenvalue weighted by atomic mass is 10.0. The summed E-state index contributed by atoms with van der Waals surface area (Å²) < 4.78 is 2.32. The molecule has 2 N–H and O–H groups in total. The summed E-state index contributed by atoms with van der Waals surface area (Å²) in [6, 6.07) is 16.8. The maximum atomic E-state index is 5.75. The smallest absolute Gasteiger partial charge is 0.141 e. The summed E-state index contributed by atoms with van der Waals surface area (Å²) in [5.74, 6) is 1.06. The van der Waals surface area contributed by atoms with Gasteiger partial charge in [-0.05, 0) is 37.1 Å². The third kappa shape index (κ3) is 2.57. The molecule has 3 heteroatoms. The zero-order valence-electron chi connectivity index (χ0n) is 12.4. The maximum absolute atomic E-state index is 5.75. The van der Waals surface area contributed by atoms with Crippen molar-refractivity contribution in [3.05, 3.63) is 54.1 Å². The molecule has 0 fully saturated rings. The SMILES string of the molecule is CCCn1c(-c2ccccc2CCN)nc2ccccc21. The maximum Gasteiger partial charge on any atom is 0.141 e. The molecule has 0 aliphatic carbocycles. The molecule has 3 rings (SSSR count). The number of imidazole rings is 1. The molecule has 21 heavy (non-hydrogen) atoms. The number of nitrogens with two attached hydrogens (primary N) is 1. The molecule has 0 amide bonds. The molecule has 2 aromatic carbocycles. The summed E-state index contributed by atoms with van der Waals surface area (Å²) in [5, 5.41) is 0. The largest absolute Gasteiger partial charge is 0.330 e. The Morgan fingerprint density at radius 2 is 1.81 bits per heavy atom. The van der Waals surface area contributed by atoms with Crippen molar-refractivity contribution >= 4 is 11.0 Å². The van der Waals surface area contributed by atoms with Crippen molar-refractivity contribution in [3.63, 3.8) is 0 Å². The highest BCUT2D eigenvalue weighted by atomic mass is 15.1. The van der Waals surface area contributed by atoms with Gasteiger partial charge in [0.15, 0.2) is 0 Å². The number of hydrogen-bond donors (Lipinski definition) is 1. The van der Waals surface area contributed by atoms with E-state index in [0.717, 1.165) is 30.7 Å². The number of rotatable bonds is 5. The van der Waals surface area contributed by atoms with E-state index < -0.39 is 0 Å². The molecule has 0 radical (unpaired) electrons. The quantitative estimate of drug-likeness (QED) is 0.775. The Kier molecular flexibility index (Phi) is 4.02. The predicted molar refractivity (Wildman–Crippen MR) is 88.2 cm³/mol. The van der Waals surface area contributed by atoms with Crippen LogP contribution in [0, 0.1) is 0 Å². The van der Waals surface area contributed by atoms with Gasteiger partial charge in [0.25, 0.3) is 0 Å². The van der Waals surface area contributed by atoms with Gasteiger partial charge in [-0.1, -0.05) is 43.3 Å². The van der Waals surface area contributed by atoms with Crippen LogP contribution in [-0.4, -0.2) is 16.1 Å². The van der Waals surface area contributed by atoms with Crippen LogP contribution in [-0.2, 0) is 13.0 Å². The van der Waals surface area contributed by atoms with Crippen LogP contribution in [0.25, 0.3) is 22.4 Å². The molecule has 0 atom stereocenters. The van der Waals surface area contributed by atoms with E-state index in [2.05, 4.69) is 54.0 Å². The lowest BCUT2D eigenvalue weighted by molar-refractivity contribution is 0.703. The van der Waals surface area contributed by atoms with Crippen molar-refractivity contribution < 1.29 is 0 Å². The summed E-state index contributed by atoms with van der Waals surface area (Å²) in [5.41, 5.74) is 10.5. The minimum absolute atomic E-state index is 0.658. The summed E-state index contributed by atoms with van der Waals surface area (Å²) >= 11 is 0. The first-order valence-corrected chi connectivity index (χ1v) is 7.58. The Labute approximate surface area is 125 Å². The van der Waals surface area contributed by atoms with Gasteiger partial charge in [0, 0.05) is 12.1 Å². The van der Waals surface area contributed by atoms with E-state index >= 15 is 0 Å². The highest BCUT2D eigenvalue weighted by Crippen LogP contribution is 2.28. The van der Waals surface area contributed by atoms with Crippen LogP contribution in [0.4, 0.5) is 0 Å². The van der Waals surface area contributed by atoms with Crippen molar-refractivity contribution in [3.8, 4) is 11.4 Å². The first kappa shape index (κ1) is 13.8. The van der Waals surface area contributed by atoms with E-state index in [1.165, 1.54) is 16.6 Å². The van der Waals surface area contributed by atoms with Crippen LogP contribution in [0.5, 0.6) is 0 Å². The first-order valence-electron chi connectivity index (χ1n) is 7.58. The van der Waals surface area contributed by atoms with Crippen LogP contribution in [0.1, 0.15) is 18.9 Å². The van der Waals surface area contributed by atoms with E-state index in [1.54, 1.807) is 0 Å². The third-order valence-corrected chi connectivity index (χ3v) is 3.77. The second-order valence-electron chi connectivity index (χ2n) is 5.27. The van der Waals surface area contributed by atoms with Crippen LogP contribution in [0.2, 0.25) is 0 Å². The van der Waals surface area contributed by atoms with Crippen molar-refractivity contribution in [1.29, 1.82) is 0 Å². The van der Waals surface area contributed by atoms with E-state index in [1.807, 2.05) is 6.07 Å². The fourth-order valence-corrected chi connectivity index (χ4v) is 2.84. The van der Waals surface area contributed by atoms with Gasteiger partial charge in [0.1, 0.15) is 5.82 Å². The Morgan fingerprint density at radius 3 is 2.62 bits per heavy atom. The van der Waals surface area contributed by atoms with Crippen molar-refractivity contribution in [2.24, 2.45) is 5.73 Å². The number of para-hydroxylation sites is 2. The van der Waals surface area contributed by atoms with Crippen molar-refractivity contribution in [2.45, 2.75) is 26.3 Å². The lowest BCUT2D eigenvalue weighted by Gasteiger charge is -2.11. The second kappa shape index (κ2) is 6.10. The first-order chi connectivity index (χ1) is 10.3. The van der Waals surface area contributed by atoms with Crippen molar-refractivity contribution in [1.82, 2.24) is 9.55 Å². The van der Waals surface area contributed by atoms with Crippen LogP contribution in [0.15, 0.2) is 48.5 Å². The predicted octanol–water partition coefficient (Wildman–Crippen LogP) is 3.61. The third-order valence-electron chi connectivity index (χ3n) is 3.77. The monoisotopic (exact) mass is 279 g/mol. The fourth-order valence-electron chi connectivity index (χ4n) is 2.84. The molecule has 3 nitrogen and oxygen atoms in total. The molecule has 0 aliphatic rings. The summed E-state index contributed by atoms with van der Waals surface area (Å²) in [4.78, 5) is 4.87. The molecular formula is C18H21N3. The number of benzene rings is 2. The Bertz CT molecular complexity index is 743. The van der Waals surface area contributed by atoms with E-state index in [0.29, 0.717) is 6.54 Å². The summed E-state index contributed by atoms with van der Waals surface area (Å²) in [6.45, 7) is 3.84. The molecule has 0 bridgehead atoms. The van der Waals surface area contributed by atoms with Crippen LogP contribution < -0.4 is 5.73 Å². The average Bonchev–Trinajstić information content (AvgIpc) is 2.88. The molecule has 1 aromatic heterocycles.